The van der Waals surface area contributed by atoms with Gasteiger partial charge >= 0.3 is 0 Å². The fourth-order valence-corrected chi connectivity index (χ4v) is 2.34. The van der Waals surface area contributed by atoms with Crippen molar-refractivity contribution in [2.45, 2.75) is 32.2 Å². The number of nitrogens with zero attached hydrogens (tertiary/aromatic N) is 1. The number of nitrogens with two attached hydrogens (primary N) is 1. The molecule has 1 aromatic carbocycles. The van der Waals surface area contributed by atoms with Crippen molar-refractivity contribution in [2.24, 2.45) is 5.73 Å². The van der Waals surface area contributed by atoms with E-state index in [1.165, 1.54) is 11.3 Å². The van der Waals surface area contributed by atoms with Crippen LogP contribution in [0.25, 0.3) is 0 Å². The molecule has 18 heavy (non-hydrogen) atoms. The van der Waals surface area contributed by atoms with Gasteiger partial charge in [0, 0.05) is 36.4 Å². The summed E-state index contributed by atoms with van der Waals surface area (Å²) in [6, 6.07) is 6.26. The Hall–Kier alpha value is -0.580. The molecule has 1 rings (SSSR count). The summed E-state index contributed by atoms with van der Waals surface area (Å²) >= 11 is 3.51. The average molecular weight is 315 g/mol. The van der Waals surface area contributed by atoms with Crippen molar-refractivity contribution in [2.75, 3.05) is 25.1 Å². The number of hydrogen-bond acceptors (Lipinski definition) is 3. The molecule has 3 nitrogen and oxygen atoms in total. The van der Waals surface area contributed by atoms with Crippen LogP contribution in [0.3, 0.4) is 0 Å². The Morgan fingerprint density at radius 2 is 2.06 bits per heavy atom. The van der Waals surface area contributed by atoms with Crippen LogP contribution in [0, 0.1) is 0 Å². The molecule has 1 aromatic rings. The summed E-state index contributed by atoms with van der Waals surface area (Å²) in [5.74, 6) is 0. The quantitative estimate of drug-likeness (QED) is 0.760. The van der Waals surface area contributed by atoms with Crippen LogP contribution in [0.5, 0.6) is 0 Å². The smallest absolute Gasteiger partial charge is 0.0431 e. The molecule has 0 radical (unpaired) electrons. The van der Waals surface area contributed by atoms with Crippen molar-refractivity contribution < 1.29 is 5.11 Å². The van der Waals surface area contributed by atoms with Crippen molar-refractivity contribution in [1.82, 2.24) is 0 Å². The average Bonchev–Trinajstić information content (AvgIpc) is 2.34. The van der Waals surface area contributed by atoms with E-state index in [0.29, 0.717) is 0 Å². The van der Waals surface area contributed by atoms with Crippen LogP contribution in [0.4, 0.5) is 5.69 Å². The molecule has 4 heteroatoms. The van der Waals surface area contributed by atoms with Gasteiger partial charge in [0.2, 0.25) is 0 Å². The number of anilines is 1. The van der Waals surface area contributed by atoms with Gasteiger partial charge in [-0.15, -0.1) is 0 Å². The van der Waals surface area contributed by atoms with Crippen molar-refractivity contribution in [3.8, 4) is 0 Å². The Morgan fingerprint density at radius 1 is 1.33 bits per heavy atom. The second-order valence-electron chi connectivity index (χ2n) is 4.70. The standard InChI is InChI=1S/C14H23BrN2O/c1-11(16)13-7-6-12(15)10-14(13)17(2)8-4-3-5-9-18/h6-7,10-11,18H,3-5,8-9,16H2,1-2H3. The molecule has 0 aliphatic rings. The summed E-state index contributed by atoms with van der Waals surface area (Å²) in [4.78, 5) is 2.24. The first-order valence-electron chi connectivity index (χ1n) is 6.43. The summed E-state index contributed by atoms with van der Waals surface area (Å²) in [5.41, 5.74) is 8.36. The van der Waals surface area contributed by atoms with E-state index < -0.39 is 0 Å². The normalized spacial score (nSPS) is 12.5. The van der Waals surface area contributed by atoms with E-state index in [1.807, 2.05) is 13.0 Å². The van der Waals surface area contributed by atoms with Crippen LogP contribution < -0.4 is 10.6 Å². The third kappa shape index (κ3) is 4.59. The van der Waals surface area contributed by atoms with E-state index in [9.17, 15) is 0 Å². The van der Waals surface area contributed by atoms with Gasteiger partial charge in [0.25, 0.3) is 0 Å². The van der Waals surface area contributed by atoms with E-state index in [4.69, 9.17) is 10.8 Å². The molecule has 0 saturated heterocycles. The monoisotopic (exact) mass is 314 g/mol. The molecule has 1 atom stereocenters. The first-order valence-corrected chi connectivity index (χ1v) is 7.22. The minimum absolute atomic E-state index is 0.0352. The highest BCUT2D eigenvalue weighted by atomic mass is 79.9. The number of aliphatic hydroxyl groups is 1. The van der Waals surface area contributed by atoms with Gasteiger partial charge in [0.05, 0.1) is 0 Å². The summed E-state index contributed by atoms with van der Waals surface area (Å²) in [7, 11) is 2.09. The number of hydrogen-bond donors (Lipinski definition) is 2. The Kier molecular flexibility index (Phi) is 6.68. The number of benzene rings is 1. The SMILES string of the molecule is CC(N)c1ccc(Br)cc1N(C)CCCCCO. The van der Waals surface area contributed by atoms with Gasteiger partial charge in [0.15, 0.2) is 0 Å². The lowest BCUT2D eigenvalue weighted by atomic mass is 10.1. The highest BCUT2D eigenvalue weighted by Gasteiger charge is 2.11. The van der Waals surface area contributed by atoms with Crippen molar-refractivity contribution in [3.05, 3.63) is 28.2 Å². The number of aliphatic hydroxyl groups excluding tert-OH is 1. The van der Waals surface area contributed by atoms with E-state index in [1.54, 1.807) is 0 Å². The zero-order valence-corrected chi connectivity index (χ0v) is 12.8. The fourth-order valence-electron chi connectivity index (χ4n) is 1.99. The van der Waals surface area contributed by atoms with E-state index >= 15 is 0 Å². The highest BCUT2D eigenvalue weighted by molar-refractivity contribution is 9.10. The van der Waals surface area contributed by atoms with Gasteiger partial charge in [-0.05, 0) is 43.9 Å². The molecule has 0 aliphatic carbocycles. The summed E-state index contributed by atoms with van der Waals surface area (Å²) in [5, 5.41) is 8.77. The highest BCUT2D eigenvalue weighted by Crippen LogP contribution is 2.28. The van der Waals surface area contributed by atoms with Gasteiger partial charge in [-0.25, -0.2) is 0 Å². The summed E-state index contributed by atoms with van der Waals surface area (Å²) in [6.07, 6.45) is 3.02. The number of unbranched alkanes of at least 4 members (excludes halogenated alkanes) is 2. The molecular formula is C14H23BrN2O. The summed E-state index contributed by atoms with van der Waals surface area (Å²) in [6.45, 7) is 3.27. The molecule has 0 heterocycles. The van der Waals surface area contributed by atoms with Gasteiger partial charge < -0.3 is 15.7 Å². The number of rotatable bonds is 7. The second kappa shape index (κ2) is 7.77. The maximum atomic E-state index is 8.77. The summed E-state index contributed by atoms with van der Waals surface area (Å²) < 4.78 is 1.07. The molecule has 0 bridgehead atoms. The maximum absolute atomic E-state index is 8.77. The molecule has 0 fully saturated rings. The lowest BCUT2D eigenvalue weighted by Crippen LogP contribution is -2.22. The van der Waals surface area contributed by atoms with Crippen LogP contribution in [0.1, 0.15) is 37.8 Å². The van der Waals surface area contributed by atoms with Crippen LogP contribution in [-0.4, -0.2) is 25.3 Å². The molecule has 0 spiro atoms. The third-order valence-electron chi connectivity index (χ3n) is 3.05. The fraction of sp³-hybridized carbons (Fsp3) is 0.571. The van der Waals surface area contributed by atoms with Crippen LogP contribution in [0.2, 0.25) is 0 Å². The Labute approximate surface area is 118 Å². The van der Waals surface area contributed by atoms with Crippen molar-refractivity contribution in [1.29, 1.82) is 0 Å². The van der Waals surface area contributed by atoms with Crippen LogP contribution in [0.15, 0.2) is 22.7 Å². The predicted molar refractivity (Wildman–Crippen MR) is 81.0 cm³/mol. The van der Waals surface area contributed by atoms with Gasteiger partial charge in [-0.3, -0.25) is 0 Å². The van der Waals surface area contributed by atoms with Crippen LogP contribution >= 0.6 is 15.9 Å². The third-order valence-corrected chi connectivity index (χ3v) is 3.54. The second-order valence-corrected chi connectivity index (χ2v) is 5.61. The molecule has 0 aromatic heterocycles. The molecule has 0 saturated carbocycles. The lowest BCUT2D eigenvalue weighted by molar-refractivity contribution is 0.283. The maximum Gasteiger partial charge on any atom is 0.0431 e. The largest absolute Gasteiger partial charge is 0.396 e. The molecular weight excluding hydrogens is 292 g/mol. The van der Waals surface area contributed by atoms with Gasteiger partial charge in [-0.2, -0.15) is 0 Å². The Balaban J connectivity index is 2.70. The Morgan fingerprint density at radius 3 is 2.67 bits per heavy atom. The molecule has 0 aliphatic heterocycles. The minimum atomic E-state index is 0.0352. The molecule has 3 N–H and O–H groups in total. The van der Waals surface area contributed by atoms with Crippen molar-refractivity contribution in [3.63, 3.8) is 0 Å². The zero-order valence-electron chi connectivity index (χ0n) is 11.2. The topological polar surface area (TPSA) is 49.5 Å². The molecule has 1 unspecified atom stereocenters. The van der Waals surface area contributed by atoms with E-state index in [2.05, 4.69) is 40.0 Å². The van der Waals surface area contributed by atoms with E-state index in [-0.39, 0.29) is 12.6 Å². The minimum Gasteiger partial charge on any atom is -0.396 e. The van der Waals surface area contributed by atoms with E-state index in [0.717, 1.165) is 30.3 Å². The molecule has 0 amide bonds. The predicted octanol–water partition coefficient (Wildman–Crippen LogP) is 3.07. The zero-order chi connectivity index (χ0) is 13.5. The lowest BCUT2D eigenvalue weighted by Gasteiger charge is -2.24. The Bertz CT molecular complexity index is 369. The number of halogens is 1. The van der Waals surface area contributed by atoms with Gasteiger partial charge in [0.1, 0.15) is 0 Å². The van der Waals surface area contributed by atoms with Crippen molar-refractivity contribution >= 4 is 21.6 Å². The first-order chi connectivity index (χ1) is 8.56. The molecule has 102 valence electrons. The van der Waals surface area contributed by atoms with Gasteiger partial charge in [-0.1, -0.05) is 22.0 Å². The van der Waals surface area contributed by atoms with Crippen LogP contribution in [-0.2, 0) is 0 Å². The first kappa shape index (κ1) is 15.5.